The molecular weight excluding hydrogens is 244 g/mol. The highest BCUT2D eigenvalue weighted by molar-refractivity contribution is 6.02. The first-order valence-corrected chi connectivity index (χ1v) is 5.80. The van der Waals surface area contributed by atoms with Crippen molar-refractivity contribution in [1.82, 2.24) is 19.7 Å². The third kappa shape index (κ3) is 2.08. The Bertz CT molecular complexity index is 729. The van der Waals surface area contributed by atoms with Crippen molar-refractivity contribution in [1.29, 1.82) is 0 Å². The van der Waals surface area contributed by atoms with E-state index in [1.807, 2.05) is 17.7 Å². The molecule has 1 aromatic carbocycles. The Balaban J connectivity index is 1.81. The van der Waals surface area contributed by atoms with Crippen LogP contribution in [0.2, 0.25) is 0 Å². The number of rotatable bonds is 3. The Kier molecular flexibility index (Phi) is 2.75. The molecule has 0 bridgehead atoms. The molecule has 0 atom stereocenters. The van der Waals surface area contributed by atoms with Gasteiger partial charge < -0.3 is 9.30 Å². The van der Waals surface area contributed by atoms with Crippen LogP contribution < -0.4 is 0 Å². The van der Waals surface area contributed by atoms with Crippen molar-refractivity contribution in [2.24, 2.45) is 7.05 Å². The van der Waals surface area contributed by atoms with Crippen molar-refractivity contribution >= 4 is 16.9 Å². The standard InChI is InChI=1S/C13H12N4O2/c1-17-8-14-6-10(17)7-19-13(18)11-4-2-3-9-5-15-16-12(9)11/h2-6,8H,7H2,1H3,(H,15,16). The lowest BCUT2D eigenvalue weighted by Crippen LogP contribution is -2.07. The first-order valence-electron chi connectivity index (χ1n) is 5.80. The van der Waals surface area contributed by atoms with E-state index in [4.69, 9.17) is 4.74 Å². The summed E-state index contributed by atoms with van der Waals surface area (Å²) in [5.74, 6) is -0.379. The van der Waals surface area contributed by atoms with Gasteiger partial charge in [-0.05, 0) is 6.07 Å². The minimum absolute atomic E-state index is 0.194. The van der Waals surface area contributed by atoms with E-state index < -0.39 is 0 Å². The minimum Gasteiger partial charge on any atom is -0.456 e. The highest BCUT2D eigenvalue weighted by Gasteiger charge is 2.13. The number of hydrogen-bond donors (Lipinski definition) is 1. The summed E-state index contributed by atoms with van der Waals surface area (Å²) in [6.45, 7) is 0.194. The summed E-state index contributed by atoms with van der Waals surface area (Å²) in [4.78, 5) is 16.0. The molecule has 19 heavy (non-hydrogen) atoms. The molecule has 1 N–H and O–H groups in total. The van der Waals surface area contributed by atoms with Gasteiger partial charge in [0.1, 0.15) is 6.61 Å². The Labute approximate surface area is 109 Å². The van der Waals surface area contributed by atoms with Gasteiger partial charge in [0, 0.05) is 12.4 Å². The average Bonchev–Trinajstić information content (AvgIpc) is 3.04. The number of H-pyrrole nitrogens is 1. The molecule has 0 unspecified atom stereocenters. The van der Waals surface area contributed by atoms with E-state index in [0.717, 1.165) is 11.1 Å². The number of aromatic nitrogens is 4. The quantitative estimate of drug-likeness (QED) is 0.723. The number of aromatic amines is 1. The Morgan fingerprint density at radius 3 is 3.11 bits per heavy atom. The van der Waals surface area contributed by atoms with Crippen molar-refractivity contribution in [2.75, 3.05) is 0 Å². The summed E-state index contributed by atoms with van der Waals surface area (Å²) in [7, 11) is 1.85. The highest BCUT2D eigenvalue weighted by Crippen LogP contribution is 2.17. The van der Waals surface area contributed by atoms with Crippen LogP contribution in [0.1, 0.15) is 16.1 Å². The molecule has 96 valence electrons. The van der Waals surface area contributed by atoms with E-state index in [1.54, 1.807) is 30.9 Å². The fourth-order valence-corrected chi connectivity index (χ4v) is 1.88. The summed E-state index contributed by atoms with van der Waals surface area (Å²) in [5, 5.41) is 7.61. The number of carbonyl (C=O) groups is 1. The van der Waals surface area contributed by atoms with Crippen molar-refractivity contribution in [3.8, 4) is 0 Å². The number of nitrogens with one attached hydrogen (secondary N) is 1. The molecular formula is C13H12N4O2. The van der Waals surface area contributed by atoms with Gasteiger partial charge >= 0.3 is 5.97 Å². The van der Waals surface area contributed by atoms with Crippen molar-refractivity contribution < 1.29 is 9.53 Å². The molecule has 0 saturated heterocycles. The molecule has 6 heteroatoms. The Hall–Kier alpha value is -2.63. The van der Waals surface area contributed by atoms with Crippen LogP contribution in [-0.4, -0.2) is 25.7 Å². The summed E-state index contributed by atoms with van der Waals surface area (Å²) >= 11 is 0. The molecule has 3 rings (SSSR count). The first kappa shape index (κ1) is 11.5. The number of carbonyl (C=O) groups excluding carboxylic acids is 1. The van der Waals surface area contributed by atoms with Gasteiger partial charge in [-0.25, -0.2) is 9.78 Å². The predicted octanol–water partition coefficient (Wildman–Crippen LogP) is 1.65. The van der Waals surface area contributed by atoms with Crippen molar-refractivity contribution in [3.63, 3.8) is 0 Å². The molecule has 0 spiro atoms. The van der Waals surface area contributed by atoms with Gasteiger partial charge in [0.15, 0.2) is 0 Å². The normalized spacial score (nSPS) is 10.8. The second-order valence-electron chi connectivity index (χ2n) is 4.21. The van der Waals surface area contributed by atoms with Crippen LogP contribution in [0.3, 0.4) is 0 Å². The second kappa shape index (κ2) is 4.56. The molecule has 6 nitrogen and oxygen atoms in total. The summed E-state index contributed by atoms with van der Waals surface area (Å²) in [5.41, 5.74) is 2.01. The molecule has 3 aromatic rings. The van der Waals surface area contributed by atoms with Crippen LogP contribution in [0, 0.1) is 0 Å². The third-order valence-electron chi connectivity index (χ3n) is 2.96. The summed E-state index contributed by atoms with van der Waals surface area (Å²) in [6, 6.07) is 5.40. The first-order chi connectivity index (χ1) is 9.25. The Morgan fingerprint density at radius 2 is 2.32 bits per heavy atom. The lowest BCUT2D eigenvalue weighted by atomic mass is 10.1. The molecule has 0 aliphatic heterocycles. The second-order valence-corrected chi connectivity index (χ2v) is 4.21. The molecule has 0 aliphatic rings. The summed E-state index contributed by atoms with van der Waals surface area (Å²) in [6.07, 6.45) is 5.01. The van der Waals surface area contributed by atoms with Crippen LogP contribution in [0.25, 0.3) is 10.9 Å². The number of hydrogen-bond acceptors (Lipinski definition) is 4. The van der Waals surface area contributed by atoms with Gasteiger partial charge in [0.2, 0.25) is 0 Å². The van der Waals surface area contributed by atoms with E-state index in [9.17, 15) is 4.79 Å². The van der Waals surface area contributed by atoms with Crippen LogP contribution in [0.4, 0.5) is 0 Å². The van der Waals surface area contributed by atoms with Crippen LogP contribution in [-0.2, 0) is 18.4 Å². The van der Waals surface area contributed by atoms with Gasteiger partial charge in [-0.15, -0.1) is 0 Å². The maximum Gasteiger partial charge on any atom is 0.340 e. The maximum absolute atomic E-state index is 12.1. The largest absolute Gasteiger partial charge is 0.456 e. The lowest BCUT2D eigenvalue weighted by Gasteiger charge is -2.05. The molecule has 2 heterocycles. The van der Waals surface area contributed by atoms with Crippen molar-refractivity contribution in [3.05, 3.63) is 48.2 Å². The van der Waals surface area contributed by atoms with Gasteiger partial charge in [-0.1, -0.05) is 12.1 Å². The highest BCUT2D eigenvalue weighted by atomic mass is 16.5. The van der Waals surface area contributed by atoms with E-state index >= 15 is 0 Å². The van der Waals surface area contributed by atoms with Crippen molar-refractivity contribution in [2.45, 2.75) is 6.61 Å². The number of aryl methyl sites for hydroxylation is 1. The number of benzene rings is 1. The SMILES string of the molecule is Cn1cncc1COC(=O)c1cccc2cn[nH]c12. The monoisotopic (exact) mass is 256 g/mol. The molecule has 0 saturated carbocycles. The number of nitrogens with zero attached hydrogens (tertiary/aromatic N) is 3. The molecule has 0 aliphatic carbocycles. The third-order valence-corrected chi connectivity index (χ3v) is 2.96. The van der Waals surface area contributed by atoms with Gasteiger partial charge in [-0.2, -0.15) is 5.10 Å². The number of fused-ring (bicyclic) bond motifs is 1. The Morgan fingerprint density at radius 1 is 1.42 bits per heavy atom. The molecule has 0 fully saturated rings. The van der Waals surface area contributed by atoms with Crippen LogP contribution >= 0.6 is 0 Å². The van der Waals surface area contributed by atoms with E-state index in [2.05, 4.69) is 15.2 Å². The smallest absolute Gasteiger partial charge is 0.340 e. The van der Waals surface area contributed by atoms with Crippen LogP contribution in [0.15, 0.2) is 36.9 Å². The van der Waals surface area contributed by atoms with Gasteiger partial charge in [0.05, 0.1) is 35.5 Å². The molecule has 2 aromatic heterocycles. The topological polar surface area (TPSA) is 72.8 Å². The number of para-hydroxylation sites is 1. The van der Waals surface area contributed by atoms with E-state index in [-0.39, 0.29) is 12.6 Å². The van der Waals surface area contributed by atoms with E-state index in [1.165, 1.54) is 0 Å². The van der Waals surface area contributed by atoms with Crippen LogP contribution in [0.5, 0.6) is 0 Å². The number of ether oxygens (including phenoxy) is 1. The number of esters is 1. The average molecular weight is 256 g/mol. The zero-order valence-electron chi connectivity index (χ0n) is 10.3. The molecule has 0 amide bonds. The minimum atomic E-state index is -0.379. The van der Waals surface area contributed by atoms with Gasteiger partial charge in [0.25, 0.3) is 0 Å². The predicted molar refractivity (Wildman–Crippen MR) is 68.4 cm³/mol. The maximum atomic E-state index is 12.1. The fraction of sp³-hybridized carbons (Fsp3) is 0.154. The fourth-order valence-electron chi connectivity index (χ4n) is 1.88. The molecule has 0 radical (unpaired) electrons. The zero-order chi connectivity index (χ0) is 13.2. The van der Waals surface area contributed by atoms with Gasteiger partial charge in [-0.3, -0.25) is 5.10 Å². The summed E-state index contributed by atoms with van der Waals surface area (Å²) < 4.78 is 7.09. The number of imidazole rings is 1. The zero-order valence-corrected chi connectivity index (χ0v) is 10.3. The lowest BCUT2D eigenvalue weighted by molar-refractivity contribution is 0.0467. The van der Waals surface area contributed by atoms with E-state index in [0.29, 0.717) is 11.1 Å².